The fourth-order valence-electron chi connectivity index (χ4n) is 2.09. The molecule has 0 aliphatic carbocycles. The molecule has 1 atom stereocenters. The lowest BCUT2D eigenvalue weighted by Crippen LogP contribution is -2.42. The summed E-state index contributed by atoms with van der Waals surface area (Å²) in [6.07, 6.45) is 0.277. The molecule has 0 saturated carbocycles. The molecule has 1 aliphatic heterocycles. The highest BCUT2D eigenvalue weighted by Crippen LogP contribution is 2.21. The minimum atomic E-state index is 0.277. The molecule has 1 unspecified atom stereocenters. The number of alkyl halides is 1. The number of aromatic nitrogens is 2. The average molecular weight is 323 g/mol. The van der Waals surface area contributed by atoms with Crippen molar-refractivity contribution in [3.8, 4) is 0 Å². The highest BCUT2D eigenvalue weighted by molar-refractivity contribution is 9.09. The first-order valence-electron chi connectivity index (χ1n) is 5.69. The maximum Gasteiger partial charge on any atom is 0.131 e. The van der Waals surface area contributed by atoms with E-state index in [9.17, 15) is 0 Å². The van der Waals surface area contributed by atoms with Gasteiger partial charge in [-0.25, -0.2) is 0 Å². The molecule has 1 saturated heterocycles. The predicted molar refractivity (Wildman–Crippen MR) is 71.8 cm³/mol. The maximum absolute atomic E-state index is 6.24. The Kier molecular flexibility index (Phi) is 4.47. The third-order valence-electron chi connectivity index (χ3n) is 3.05. The molecule has 96 valence electrons. The van der Waals surface area contributed by atoms with Crippen molar-refractivity contribution in [2.45, 2.75) is 19.6 Å². The van der Waals surface area contributed by atoms with Gasteiger partial charge in [-0.1, -0.05) is 27.5 Å². The van der Waals surface area contributed by atoms with E-state index in [0.717, 1.165) is 48.0 Å². The molecule has 6 heteroatoms. The van der Waals surface area contributed by atoms with Gasteiger partial charge in [0.25, 0.3) is 0 Å². The number of morpholine rings is 1. The van der Waals surface area contributed by atoms with Crippen molar-refractivity contribution >= 4 is 27.5 Å². The molecular weight excluding hydrogens is 305 g/mol. The van der Waals surface area contributed by atoms with E-state index in [1.165, 1.54) is 0 Å². The number of aryl methyl sites for hydroxylation is 2. The standard InChI is InChI=1S/C11H17BrClN3O/c1-8-10(11(13)15(2)14-8)7-16-3-4-17-9(5-12)6-16/h9H,3-7H2,1-2H3. The van der Waals surface area contributed by atoms with E-state index in [1.54, 1.807) is 4.68 Å². The molecule has 1 fully saturated rings. The topological polar surface area (TPSA) is 30.3 Å². The Morgan fingerprint density at radius 1 is 1.59 bits per heavy atom. The van der Waals surface area contributed by atoms with Gasteiger partial charge in [-0.15, -0.1) is 0 Å². The molecule has 1 aliphatic rings. The van der Waals surface area contributed by atoms with Crippen LogP contribution in [-0.4, -0.2) is 45.8 Å². The lowest BCUT2D eigenvalue weighted by atomic mass is 10.2. The van der Waals surface area contributed by atoms with Crippen LogP contribution in [0.1, 0.15) is 11.3 Å². The summed E-state index contributed by atoms with van der Waals surface area (Å²) in [5.41, 5.74) is 2.14. The first-order chi connectivity index (χ1) is 8.11. The van der Waals surface area contributed by atoms with Crippen LogP contribution in [0.4, 0.5) is 0 Å². The number of halogens is 2. The van der Waals surface area contributed by atoms with Gasteiger partial charge in [-0.05, 0) is 6.92 Å². The summed E-state index contributed by atoms with van der Waals surface area (Å²) in [4.78, 5) is 2.37. The molecule has 17 heavy (non-hydrogen) atoms. The fraction of sp³-hybridized carbons (Fsp3) is 0.727. The summed E-state index contributed by atoms with van der Waals surface area (Å²) in [6, 6.07) is 0. The summed E-state index contributed by atoms with van der Waals surface area (Å²) < 4.78 is 7.35. The van der Waals surface area contributed by atoms with Crippen LogP contribution in [0.5, 0.6) is 0 Å². The summed E-state index contributed by atoms with van der Waals surface area (Å²) in [7, 11) is 1.87. The van der Waals surface area contributed by atoms with Crippen LogP contribution in [0, 0.1) is 6.92 Å². The minimum absolute atomic E-state index is 0.277. The van der Waals surface area contributed by atoms with Crippen molar-refractivity contribution in [3.05, 3.63) is 16.4 Å². The van der Waals surface area contributed by atoms with Crippen molar-refractivity contribution in [1.82, 2.24) is 14.7 Å². The van der Waals surface area contributed by atoms with Crippen molar-refractivity contribution in [1.29, 1.82) is 0 Å². The van der Waals surface area contributed by atoms with Crippen LogP contribution < -0.4 is 0 Å². The third kappa shape index (κ3) is 3.02. The van der Waals surface area contributed by atoms with Crippen LogP contribution in [0.15, 0.2) is 0 Å². The van der Waals surface area contributed by atoms with E-state index in [-0.39, 0.29) is 6.10 Å². The van der Waals surface area contributed by atoms with Gasteiger partial charge in [0.2, 0.25) is 0 Å². The Labute approximate surface area is 115 Å². The lowest BCUT2D eigenvalue weighted by molar-refractivity contribution is -0.0181. The molecule has 1 aromatic rings. The SMILES string of the molecule is Cc1nn(C)c(Cl)c1CN1CCOC(CBr)C1. The van der Waals surface area contributed by atoms with Gasteiger partial charge in [-0.3, -0.25) is 9.58 Å². The molecule has 0 aromatic carbocycles. The smallest absolute Gasteiger partial charge is 0.131 e. The number of hydrogen-bond donors (Lipinski definition) is 0. The minimum Gasteiger partial charge on any atom is -0.375 e. The van der Waals surface area contributed by atoms with Crippen molar-refractivity contribution in [2.75, 3.05) is 25.0 Å². The van der Waals surface area contributed by atoms with E-state index in [1.807, 2.05) is 14.0 Å². The fourth-order valence-corrected chi connectivity index (χ4v) is 2.72. The van der Waals surface area contributed by atoms with Gasteiger partial charge < -0.3 is 4.74 Å². The van der Waals surface area contributed by atoms with Crippen molar-refractivity contribution < 1.29 is 4.74 Å². The van der Waals surface area contributed by atoms with Gasteiger partial charge in [0.05, 0.1) is 18.4 Å². The second-order valence-corrected chi connectivity index (χ2v) is 5.37. The Morgan fingerprint density at radius 2 is 2.35 bits per heavy atom. The third-order valence-corrected chi connectivity index (χ3v) is 4.24. The van der Waals surface area contributed by atoms with E-state index in [4.69, 9.17) is 16.3 Å². The zero-order chi connectivity index (χ0) is 12.4. The molecule has 4 nitrogen and oxygen atoms in total. The summed E-state index contributed by atoms with van der Waals surface area (Å²) in [6.45, 7) is 5.53. The van der Waals surface area contributed by atoms with E-state index in [2.05, 4.69) is 25.9 Å². The Morgan fingerprint density at radius 3 is 2.94 bits per heavy atom. The maximum atomic E-state index is 6.24. The second kappa shape index (κ2) is 5.69. The Hall–Kier alpha value is -0.100. The normalized spacial score (nSPS) is 22.0. The molecule has 0 amide bonds. The van der Waals surface area contributed by atoms with Crippen molar-refractivity contribution in [2.24, 2.45) is 7.05 Å². The summed E-state index contributed by atoms with van der Waals surface area (Å²) >= 11 is 9.70. The molecule has 0 bridgehead atoms. The number of nitrogens with zero attached hydrogens (tertiary/aromatic N) is 3. The van der Waals surface area contributed by atoms with Crippen LogP contribution in [0.25, 0.3) is 0 Å². The zero-order valence-corrected chi connectivity index (χ0v) is 12.5. The van der Waals surface area contributed by atoms with Gasteiger partial charge in [0.1, 0.15) is 5.15 Å². The molecule has 0 radical (unpaired) electrons. The Bertz CT molecular complexity index is 396. The predicted octanol–water partition coefficient (Wildman–Crippen LogP) is 1.98. The van der Waals surface area contributed by atoms with Gasteiger partial charge >= 0.3 is 0 Å². The number of hydrogen-bond acceptors (Lipinski definition) is 3. The average Bonchev–Trinajstić information content (AvgIpc) is 2.56. The van der Waals surface area contributed by atoms with Crippen LogP contribution >= 0.6 is 27.5 Å². The van der Waals surface area contributed by atoms with E-state index in [0.29, 0.717) is 0 Å². The molecule has 2 heterocycles. The quantitative estimate of drug-likeness (QED) is 0.797. The lowest BCUT2D eigenvalue weighted by Gasteiger charge is -2.31. The molecule has 0 spiro atoms. The van der Waals surface area contributed by atoms with Crippen LogP contribution in [0.3, 0.4) is 0 Å². The highest BCUT2D eigenvalue weighted by Gasteiger charge is 2.22. The van der Waals surface area contributed by atoms with Gasteiger partial charge in [-0.2, -0.15) is 5.10 Å². The van der Waals surface area contributed by atoms with Crippen LogP contribution in [0.2, 0.25) is 5.15 Å². The molecule has 0 N–H and O–H groups in total. The number of rotatable bonds is 3. The first-order valence-corrected chi connectivity index (χ1v) is 7.19. The monoisotopic (exact) mass is 321 g/mol. The van der Waals surface area contributed by atoms with Crippen LogP contribution in [-0.2, 0) is 18.3 Å². The van der Waals surface area contributed by atoms with E-state index < -0.39 is 0 Å². The van der Waals surface area contributed by atoms with E-state index >= 15 is 0 Å². The Balaban J connectivity index is 2.05. The second-order valence-electron chi connectivity index (χ2n) is 4.36. The molecule has 2 rings (SSSR count). The summed E-state index contributed by atoms with van der Waals surface area (Å²) in [5, 5.41) is 5.95. The first kappa shape index (κ1) is 13.3. The van der Waals surface area contributed by atoms with Crippen molar-refractivity contribution in [3.63, 3.8) is 0 Å². The van der Waals surface area contributed by atoms with Gasteiger partial charge in [0, 0.05) is 37.6 Å². The largest absolute Gasteiger partial charge is 0.375 e. The highest BCUT2D eigenvalue weighted by atomic mass is 79.9. The summed E-state index contributed by atoms with van der Waals surface area (Å²) in [5.74, 6) is 0. The molecular formula is C11H17BrClN3O. The number of ether oxygens (including phenoxy) is 1. The molecule has 1 aromatic heterocycles. The zero-order valence-electron chi connectivity index (χ0n) is 10.1. The van der Waals surface area contributed by atoms with Gasteiger partial charge in [0.15, 0.2) is 0 Å².